The van der Waals surface area contributed by atoms with E-state index in [4.69, 9.17) is 0 Å². The molecule has 2 aromatic rings. The number of guanidine groups is 1. The van der Waals surface area contributed by atoms with Crippen molar-refractivity contribution in [3.8, 4) is 0 Å². The molecule has 0 radical (unpaired) electrons. The lowest BCUT2D eigenvalue weighted by Gasteiger charge is -2.13. The number of hydrogen-bond donors (Lipinski definition) is 4. The Morgan fingerprint density at radius 3 is 2.52 bits per heavy atom. The van der Waals surface area contributed by atoms with E-state index in [0.717, 1.165) is 35.9 Å². The number of carbonyl (C=O) groups excluding carboxylic acids is 1. The van der Waals surface area contributed by atoms with Crippen molar-refractivity contribution in [3.05, 3.63) is 59.9 Å². The first-order valence-electron chi connectivity index (χ1n) is 9.07. The van der Waals surface area contributed by atoms with Crippen molar-refractivity contribution in [3.63, 3.8) is 0 Å². The molecule has 1 aromatic carbocycles. The molecule has 27 heavy (non-hydrogen) atoms. The first-order chi connectivity index (χ1) is 13.1. The highest BCUT2D eigenvalue weighted by molar-refractivity contribution is 5.89. The Morgan fingerprint density at radius 1 is 1.11 bits per heavy atom. The Kier molecular flexibility index (Phi) is 8.09. The van der Waals surface area contributed by atoms with Crippen molar-refractivity contribution >= 4 is 17.7 Å². The summed E-state index contributed by atoms with van der Waals surface area (Å²) < 4.78 is 0. The van der Waals surface area contributed by atoms with Crippen LogP contribution in [0.3, 0.4) is 0 Å². The highest BCUT2D eigenvalue weighted by Crippen LogP contribution is 2.09. The number of nitrogens with zero attached hydrogens (tertiary/aromatic N) is 2. The lowest BCUT2D eigenvalue weighted by Crippen LogP contribution is -2.37. The van der Waals surface area contributed by atoms with E-state index in [1.165, 1.54) is 0 Å². The highest BCUT2D eigenvalue weighted by atomic mass is 16.2. The number of benzene rings is 1. The number of hydrogen-bond acceptors (Lipinski definition) is 3. The minimum absolute atomic E-state index is 0.102. The second-order valence-electron chi connectivity index (χ2n) is 6.37. The quantitative estimate of drug-likeness (QED) is 0.446. The van der Waals surface area contributed by atoms with E-state index in [2.05, 4.69) is 31.2 Å². The summed E-state index contributed by atoms with van der Waals surface area (Å²) in [5.41, 5.74) is 2.90. The second kappa shape index (κ2) is 10.8. The summed E-state index contributed by atoms with van der Waals surface area (Å²) in [6.07, 6.45) is 2.63. The monoisotopic (exact) mass is 368 g/mol. The smallest absolute Gasteiger partial charge is 0.319 e. The summed E-state index contributed by atoms with van der Waals surface area (Å²) in [5.74, 6) is 0.740. The zero-order chi connectivity index (χ0) is 19.5. The molecule has 0 fully saturated rings. The van der Waals surface area contributed by atoms with Crippen LogP contribution in [0.5, 0.6) is 0 Å². The molecule has 0 atom stereocenters. The van der Waals surface area contributed by atoms with E-state index in [1.807, 2.05) is 56.3 Å². The lowest BCUT2D eigenvalue weighted by molar-refractivity contribution is 0.250. The summed E-state index contributed by atoms with van der Waals surface area (Å²) in [6, 6.07) is 13.5. The van der Waals surface area contributed by atoms with Crippen molar-refractivity contribution < 1.29 is 4.79 Å². The Balaban J connectivity index is 1.74. The van der Waals surface area contributed by atoms with Crippen LogP contribution >= 0.6 is 0 Å². The van der Waals surface area contributed by atoms with Crippen molar-refractivity contribution in [2.45, 2.75) is 32.9 Å². The zero-order valence-corrected chi connectivity index (χ0v) is 16.1. The van der Waals surface area contributed by atoms with Crippen molar-refractivity contribution in [2.24, 2.45) is 4.99 Å². The molecule has 0 bridgehead atoms. The molecule has 2 amide bonds. The molecule has 1 aromatic heterocycles. The normalized spacial score (nSPS) is 11.2. The van der Waals surface area contributed by atoms with Gasteiger partial charge in [0.15, 0.2) is 5.96 Å². The Hall–Kier alpha value is -3.09. The van der Waals surface area contributed by atoms with Gasteiger partial charge in [-0.15, -0.1) is 0 Å². The number of urea groups is 1. The number of amides is 2. The van der Waals surface area contributed by atoms with Gasteiger partial charge >= 0.3 is 6.03 Å². The van der Waals surface area contributed by atoms with Crippen LogP contribution in [-0.4, -0.2) is 36.6 Å². The van der Waals surface area contributed by atoms with Crippen LogP contribution in [-0.2, 0) is 13.0 Å². The third-order valence-corrected chi connectivity index (χ3v) is 3.71. The molecule has 4 N–H and O–H groups in total. The topological polar surface area (TPSA) is 90.4 Å². The summed E-state index contributed by atoms with van der Waals surface area (Å²) in [5, 5.41) is 12.2. The van der Waals surface area contributed by atoms with Gasteiger partial charge in [0.25, 0.3) is 0 Å². The van der Waals surface area contributed by atoms with Gasteiger partial charge in [0.05, 0.1) is 0 Å². The fraction of sp³-hybridized carbons (Fsp3) is 0.350. The lowest BCUT2D eigenvalue weighted by atomic mass is 10.2. The van der Waals surface area contributed by atoms with E-state index in [0.29, 0.717) is 6.54 Å². The molecule has 0 aliphatic heterocycles. The van der Waals surface area contributed by atoms with Gasteiger partial charge in [0.1, 0.15) is 0 Å². The Morgan fingerprint density at radius 2 is 1.89 bits per heavy atom. The number of aromatic nitrogens is 1. The van der Waals surface area contributed by atoms with E-state index < -0.39 is 0 Å². The van der Waals surface area contributed by atoms with Crippen LogP contribution in [0.15, 0.2) is 53.7 Å². The van der Waals surface area contributed by atoms with Crippen LogP contribution in [0.1, 0.15) is 25.1 Å². The van der Waals surface area contributed by atoms with Gasteiger partial charge in [-0.1, -0.05) is 18.2 Å². The second-order valence-corrected chi connectivity index (χ2v) is 6.37. The van der Waals surface area contributed by atoms with E-state index in [1.54, 1.807) is 13.2 Å². The van der Waals surface area contributed by atoms with Crippen molar-refractivity contribution in [1.82, 2.24) is 20.9 Å². The fourth-order valence-corrected chi connectivity index (χ4v) is 2.40. The fourth-order valence-electron chi connectivity index (χ4n) is 2.40. The SMILES string of the molecule is CN=C(NCCc1ccccn1)NCc1ccc(NC(=O)NC(C)C)cc1. The van der Waals surface area contributed by atoms with Crippen molar-refractivity contribution in [1.29, 1.82) is 0 Å². The van der Waals surface area contributed by atoms with Gasteiger partial charge < -0.3 is 21.3 Å². The van der Waals surface area contributed by atoms with Crippen LogP contribution in [0, 0.1) is 0 Å². The average molecular weight is 368 g/mol. The molecular weight excluding hydrogens is 340 g/mol. The summed E-state index contributed by atoms with van der Waals surface area (Å²) >= 11 is 0. The molecule has 0 saturated heterocycles. The van der Waals surface area contributed by atoms with Gasteiger partial charge in [-0.25, -0.2) is 4.79 Å². The van der Waals surface area contributed by atoms with Gasteiger partial charge in [-0.2, -0.15) is 0 Å². The molecule has 144 valence electrons. The maximum absolute atomic E-state index is 11.7. The minimum atomic E-state index is -0.201. The summed E-state index contributed by atoms with van der Waals surface area (Å²) in [6.45, 7) is 5.24. The zero-order valence-electron chi connectivity index (χ0n) is 16.1. The number of anilines is 1. The molecule has 2 rings (SSSR count). The third-order valence-electron chi connectivity index (χ3n) is 3.71. The first kappa shape index (κ1) is 20.2. The molecule has 0 aliphatic rings. The van der Waals surface area contributed by atoms with E-state index >= 15 is 0 Å². The number of rotatable bonds is 7. The standard InChI is InChI=1S/C20H28N6O/c1-15(2)25-20(27)26-18-9-7-16(8-10-18)14-24-19(21-3)23-13-11-17-6-4-5-12-22-17/h4-10,12,15H,11,13-14H2,1-3H3,(H2,21,23,24)(H2,25,26,27). The molecule has 0 unspecified atom stereocenters. The van der Waals surface area contributed by atoms with Gasteiger partial charge in [-0.3, -0.25) is 9.98 Å². The van der Waals surface area contributed by atoms with Crippen LogP contribution in [0.4, 0.5) is 10.5 Å². The maximum Gasteiger partial charge on any atom is 0.319 e. The minimum Gasteiger partial charge on any atom is -0.356 e. The largest absolute Gasteiger partial charge is 0.356 e. The Labute approximate surface area is 160 Å². The number of aliphatic imine (C=N–C) groups is 1. The number of pyridine rings is 1. The third kappa shape index (κ3) is 7.77. The molecule has 0 spiro atoms. The van der Waals surface area contributed by atoms with Crippen LogP contribution in [0.2, 0.25) is 0 Å². The van der Waals surface area contributed by atoms with Gasteiger partial charge in [-0.05, 0) is 43.7 Å². The summed E-state index contributed by atoms with van der Waals surface area (Å²) in [4.78, 5) is 20.2. The molecular formula is C20H28N6O. The molecule has 1 heterocycles. The van der Waals surface area contributed by atoms with Gasteiger partial charge in [0.2, 0.25) is 0 Å². The maximum atomic E-state index is 11.7. The van der Waals surface area contributed by atoms with E-state index in [9.17, 15) is 4.79 Å². The van der Waals surface area contributed by atoms with Crippen LogP contribution in [0.25, 0.3) is 0 Å². The van der Waals surface area contributed by atoms with Crippen molar-refractivity contribution in [2.75, 3.05) is 18.9 Å². The predicted octanol–water partition coefficient (Wildman–Crippen LogP) is 2.52. The molecule has 0 aliphatic carbocycles. The Bertz CT molecular complexity index is 728. The van der Waals surface area contributed by atoms with Gasteiger partial charge in [0, 0.05) is 50.2 Å². The number of nitrogens with one attached hydrogen (secondary N) is 4. The average Bonchev–Trinajstić information content (AvgIpc) is 2.66. The predicted molar refractivity (Wildman–Crippen MR) is 110 cm³/mol. The van der Waals surface area contributed by atoms with E-state index in [-0.39, 0.29) is 12.1 Å². The molecule has 0 saturated carbocycles. The highest BCUT2D eigenvalue weighted by Gasteiger charge is 2.04. The number of carbonyl (C=O) groups is 1. The molecule has 7 nitrogen and oxygen atoms in total. The van der Waals surface area contributed by atoms with Crippen LogP contribution < -0.4 is 21.3 Å². The summed E-state index contributed by atoms with van der Waals surface area (Å²) in [7, 11) is 1.75. The molecule has 7 heteroatoms. The first-order valence-corrected chi connectivity index (χ1v) is 9.07.